The molecule has 114 valence electrons. The van der Waals surface area contributed by atoms with Gasteiger partial charge in [-0.2, -0.15) is 0 Å². The maximum atomic E-state index is 12.5. The Labute approximate surface area is 119 Å². The number of likely N-dealkylation sites (tertiary alicyclic amines) is 1. The fourth-order valence-corrected chi connectivity index (χ4v) is 5.00. The topological polar surface area (TPSA) is 91.8 Å². The van der Waals surface area contributed by atoms with E-state index in [-0.39, 0.29) is 17.7 Å². The largest absolute Gasteiger partial charge is 0.481 e. The van der Waals surface area contributed by atoms with Crippen molar-refractivity contribution in [2.75, 3.05) is 12.3 Å². The summed E-state index contributed by atoms with van der Waals surface area (Å²) in [5, 5.41) is 8.10. The van der Waals surface area contributed by atoms with Crippen LogP contribution in [0.2, 0.25) is 0 Å². The molecule has 2 heterocycles. The number of carboxylic acids is 1. The summed E-state index contributed by atoms with van der Waals surface area (Å²) in [5.74, 6) is -1.52. The average molecular weight is 303 g/mol. The van der Waals surface area contributed by atoms with E-state index in [0.717, 1.165) is 6.42 Å². The molecular formula is C13H21NO5S. The molecule has 1 amide bonds. The van der Waals surface area contributed by atoms with E-state index < -0.39 is 27.0 Å². The average Bonchev–Trinajstić information content (AvgIpc) is 2.37. The Morgan fingerprint density at radius 2 is 1.90 bits per heavy atom. The van der Waals surface area contributed by atoms with Crippen molar-refractivity contribution in [2.24, 2.45) is 5.92 Å². The third-order valence-corrected chi connectivity index (χ3v) is 6.52. The van der Waals surface area contributed by atoms with E-state index in [1.54, 1.807) is 11.8 Å². The van der Waals surface area contributed by atoms with E-state index in [2.05, 4.69) is 0 Å². The zero-order valence-electron chi connectivity index (χ0n) is 11.6. The molecule has 2 rings (SSSR count). The summed E-state index contributed by atoms with van der Waals surface area (Å²) in [6, 6.07) is -0.213. The van der Waals surface area contributed by atoms with Gasteiger partial charge in [-0.25, -0.2) is 8.42 Å². The maximum absolute atomic E-state index is 12.5. The van der Waals surface area contributed by atoms with Crippen LogP contribution in [0.15, 0.2) is 0 Å². The molecule has 1 N–H and O–H groups in total. The van der Waals surface area contributed by atoms with Gasteiger partial charge in [-0.15, -0.1) is 0 Å². The minimum Gasteiger partial charge on any atom is -0.481 e. The Bertz CT molecular complexity index is 501. The monoisotopic (exact) mass is 303 g/mol. The van der Waals surface area contributed by atoms with Gasteiger partial charge >= 0.3 is 5.97 Å². The van der Waals surface area contributed by atoms with Crippen LogP contribution in [0.3, 0.4) is 0 Å². The molecule has 3 atom stereocenters. The summed E-state index contributed by atoms with van der Waals surface area (Å²) in [5.41, 5.74) is 0. The molecule has 2 aliphatic rings. The van der Waals surface area contributed by atoms with Crippen LogP contribution in [-0.4, -0.2) is 53.9 Å². The summed E-state index contributed by atoms with van der Waals surface area (Å²) >= 11 is 0. The second kappa shape index (κ2) is 5.71. The van der Waals surface area contributed by atoms with Gasteiger partial charge in [-0.1, -0.05) is 6.42 Å². The highest BCUT2D eigenvalue weighted by Gasteiger charge is 2.41. The first-order chi connectivity index (χ1) is 9.33. The normalized spacial score (nSPS) is 33.6. The maximum Gasteiger partial charge on any atom is 0.306 e. The summed E-state index contributed by atoms with van der Waals surface area (Å²) < 4.78 is 24.0. The van der Waals surface area contributed by atoms with E-state index in [1.807, 2.05) is 0 Å². The van der Waals surface area contributed by atoms with Crippen molar-refractivity contribution in [1.29, 1.82) is 0 Å². The first-order valence-electron chi connectivity index (χ1n) is 7.08. The van der Waals surface area contributed by atoms with Crippen LogP contribution in [-0.2, 0) is 19.4 Å². The van der Waals surface area contributed by atoms with Gasteiger partial charge in [0.05, 0.1) is 11.7 Å². The van der Waals surface area contributed by atoms with Crippen molar-refractivity contribution in [3.63, 3.8) is 0 Å². The Balaban J connectivity index is 2.08. The second-order valence-electron chi connectivity index (χ2n) is 5.79. The predicted octanol–water partition coefficient (Wildman–Crippen LogP) is 0.665. The molecule has 3 unspecified atom stereocenters. The van der Waals surface area contributed by atoms with Gasteiger partial charge in [0.2, 0.25) is 5.91 Å². The number of piperidine rings is 1. The molecular weight excluding hydrogens is 282 g/mol. The van der Waals surface area contributed by atoms with Crippen molar-refractivity contribution in [3.05, 3.63) is 0 Å². The lowest BCUT2D eigenvalue weighted by Crippen LogP contribution is -2.52. The molecule has 20 heavy (non-hydrogen) atoms. The fraction of sp³-hybridized carbons (Fsp3) is 0.846. The molecule has 2 aliphatic heterocycles. The quantitative estimate of drug-likeness (QED) is 0.809. The first kappa shape index (κ1) is 15.3. The van der Waals surface area contributed by atoms with E-state index in [0.29, 0.717) is 32.2 Å². The Kier molecular flexibility index (Phi) is 4.36. The third-order valence-electron chi connectivity index (χ3n) is 4.36. The van der Waals surface area contributed by atoms with Gasteiger partial charge < -0.3 is 10.0 Å². The van der Waals surface area contributed by atoms with E-state index >= 15 is 0 Å². The fourth-order valence-electron chi connectivity index (χ4n) is 3.14. The van der Waals surface area contributed by atoms with E-state index in [1.165, 1.54) is 0 Å². The summed E-state index contributed by atoms with van der Waals surface area (Å²) in [6.45, 7) is 2.13. The smallest absolute Gasteiger partial charge is 0.306 e. The molecule has 2 fully saturated rings. The number of amides is 1. The standard InChI is InChI=1S/C13H21NO5S/c1-9-8-10(13(16)17)5-6-14(9)12(15)11-4-2-3-7-20(11,18)19/h9-11H,2-8H2,1H3,(H,16,17). The molecule has 0 spiro atoms. The number of hydrogen-bond acceptors (Lipinski definition) is 4. The number of sulfone groups is 1. The highest BCUT2D eigenvalue weighted by atomic mass is 32.2. The van der Waals surface area contributed by atoms with Crippen LogP contribution in [0, 0.1) is 5.92 Å². The highest BCUT2D eigenvalue weighted by Crippen LogP contribution is 2.27. The van der Waals surface area contributed by atoms with E-state index in [4.69, 9.17) is 5.11 Å². The lowest BCUT2D eigenvalue weighted by Gasteiger charge is -2.38. The van der Waals surface area contributed by atoms with Gasteiger partial charge in [0, 0.05) is 12.6 Å². The lowest BCUT2D eigenvalue weighted by atomic mass is 9.91. The van der Waals surface area contributed by atoms with Crippen LogP contribution < -0.4 is 0 Å². The van der Waals surface area contributed by atoms with Gasteiger partial charge in [0.15, 0.2) is 9.84 Å². The third kappa shape index (κ3) is 2.97. The number of nitrogens with zero attached hydrogens (tertiary/aromatic N) is 1. The van der Waals surface area contributed by atoms with Gasteiger partial charge in [0.25, 0.3) is 0 Å². The highest BCUT2D eigenvalue weighted by molar-refractivity contribution is 7.92. The van der Waals surface area contributed by atoms with Crippen LogP contribution in [0.4, 0.5) is 0 Å². The molecule has 0 radical (unpaired) electrons. The number of aliphatic carboxylic acids is 1. The molecule has 0 aromatic heterocycles. The Morgan fingerprint density at radius 1 is 1.20 bits per heavy atom. The van der Waals surface area contributed by atoms with Crippen molar-refractivity contribution in [1.82, 2.24) is 4.90 Å². The molecule has 0 bridgehead atoms. The van der Waals surface area contributed by atoms with Gasteiger partial charge in [-0.3, -0.25) is 9.59 Å². The van der Waals surface area contributed by atoms with Crippen molar-refractivity contribution in [3.8, 4) is 0 Å². The summed E-state index contributed by atoms with van der Waals surface area (Å²) in [4.78, 5) is 25.0. The molecule has 0 aliphatic carbocycles. The van der Waals surface area contributed by atoms with Gasteiger partial charge in [0.1, 0.15) is 5.25 Å². The number of carbonyl (C=O) groups excluding carboxylic acids is 1. The molecule has 7 heteroatoms. The predicted molar refractivity (Wildman–Crippen MR) is 73.0 cm³/mol. The molecule has 2 saturated heterocycles. The lowest BCUT2D eigenvalue weighted by molar-refractivity contribution is -0.147. The van der Waals surface area contributed by atoms with Crippen LogP contribution in [0.5, 0.6) is 0 Å². The molecule has 0 saturated carbocycles. The second-order valence-corrected chi connectivity index (χ2v) is 8.09. The zero-order chi connectivity index (χ0) is 14.9. The summed E-state index contributed by atoms with van der Waals surface area (Å²) in [6.07, 6.45) is 2.58. The molecule has 0 aromatic rings. The SMILES string of the molecule is CC1CC(C(=O)O)CCN1C(=O)C1CCCCS1(=O)=O. The van der Waals surface area contributed by atoms with Crippen LogP contribution >= 0.6 is 0 Å². The van der Waals surface area contributed by atoms with Crippen LogP contribution in [0.1, 0.15) is 39.0 Å². The Hall–Kier alpha value is -1.11. The van der Waals surface area contributed by atoms with Gasteiger partial charge in [-0.05, 0) is 32.6 Å². The number of carbonyl (C=O) groups is 2. The zero-order valence-corrected chi connectivity index (χ0v) is 12.4. The van der Waals surface area contributed by atoms with Crippen molar-refractivity contribution < 1.29 is 23.1 Å². The minimum atomic E-state index is -3.33. The number of hydrogen-bond donors (Lipinski definition) is 1. The van der Waals surface area contributed by atoms with Crippen molar-refractivity contribution >= 4 is 21.7 Å². The minimum absolute atomic E-state index is 0.0867. The molecule has 0 aromatic carbocycles. The Morgan fingerprint density at radius 3 is 2.45 bits per heavy atom. The number of carboxylic acid groups (broad SMARTS) is 1. The number of rotatable bonds is 2. The summed E-state index contributed by atoms with van der Waals surface area (Å²) in [7, 11) is -3.33. The van der Waals surface area contributed by atoms with Crippen molar-refractivity contribution in [2.45, 2.75) is 50.3 Å². The first-order valence-corrected chi connectivity index (χ1v) is 8.79. The van der Waals surface area contributed by atoms with Crippen LogP contribution in [0.25, 0.3) is 0 Å². The molecule has 6 nitrogen and oxygen atoms in total. The van der Waals surface area contributed by atoms with E-state index in [9.17, 15) is 18.0 Å².